The molecular formula is C26H26N6O3. The number of aromatic nitrogens is 4. The van der Waals surface area contributed by atoms with Gasteiger partial charge in [-0.1, -0.05) is 0 Å². The molecule has 0 bridgehead atoms. The van der Waals surface area contributed by atoms with E-state index in [2.05, 4.69) is 30.6 Å². The van der Waals surface area contributed by atoms with E-state index in [1.807, 2.05) is 45.9 Å². The van der Waals surface area contributed by atoms with Crippen LogP contribution in [0, 0.1) is 12.8 Å². The number of ether oxygens (including phenoxy) is 1. The van der Waals surface area contributed by atoms with Crippen LogP contribution in [0.5, 0.6) is 0 Å². The molecule has 9 nitrogen and oxygen atoms in total. The lowest BCUT2D eigenvalue weighted by Crippen LogP contribution is -2.27. The molecule has 1 aliphatic rings. The number of aryl methyl sites for hydroxylation is 1. The number of hydrogen-bond donors (Lipinski definition) is 2. The fourth-order valence-corrected chi connectivity index (χ4v) is 3.90. The second kappa shape index (κ2) is 8.57. The summed E-state index contributed by atoms with van der Waals surface area (Å²) in [5.41, 5.74) is 3.77. The molecule has 9 heteroatoms. The number of fused-ring (bicyclic) bond motifs is 2. The maximum absolute atomic E-state index is 12.6. The third kappa shape index (κ3) is 4.89. The summed E-state index contributed by atoms with van der Waals surface area (Å²) in [7, 11) is 0. The minimum atomic E-state index is -0.645. The molecular weight excluding hydrogens is 444 g/mol. The Morgan fingerprint density at radius 1 is 0.971 bits per heavy atom. The quantitative estimate of drug-likeness (QED) is 0.418. The Hall–Kier alpha value is -4.14. The fraction of sp³-hybridized carbons (Fsp3) is 0.308. The summed E-state index contributed by atoms with van der Waals surface area (Å²) in [5, 5.41) is 7.27. The molecule has 0 radical (unpaired) electrons. The average Bonchev–Trinajstić information content (AvgIpc) is 3.63. The van der Waals surface area contributed by atoms with E-state index in [9.17, 15) is 9.59 Å². The monoisotopic (exact) mass is 470 g/mol. The Balaban J connectivity index is 1.61. The zero-order chi connectivity index (χ0) is 24.7. The van der Waals surface area contributed by atoms with Crippen molar-refractivity contribution in [3.8, 4) is 11.1 Å². The van der Waals surface area contributed by atoms with Gasteiger partial charge in [0.15, 0.2) is 5.65 Å². The molecule has 2 N–H and O–H groups in total. The van der Waals surface area contributed by atoms with Crippen molar-refractivity contribution in [2.75, 3.05) is 10.6 Å². The summed E-state index contributed by atoms with van der Waals surface area (Å²) in [5.74, 6) is 0.512. The first-order chi connectivity index (χ1) is 16.7. The first-order valence-electron chi connectivity index (χ1n) is 11.5. The van der Waals surface area contributed by atoms with Crippen molar-refractivity contribution in [3.63, 3.8) is 0 Å². The summed E-state index contributed by atoms with van der Waals surface area (Å²) in [4.78, 5) is 42.5. The second-order valence-electron chi connectivity index (χ2n) is 9.73. The van der Waals surface area contributed by atoms with Gasteiger partial charge in [0.05, 0.1) is 5.69 Å². The Bertz CT molecular complexity index is 1470. The van der Waals surface area contributed by atoms with Gasteiger partial charge in [-0.3, -0.25) is 15.1 Å². The van der Waals surface area contributed by atoms with Crippen molar-refractivity contribution < 1.29 is 14.3 Å². The number of pyridine rings is 2. The van der Waals surface area contributed by atoms with Gasteiger partial charge < -0.3 is 10.1 Å². The summed E-state index contributed by atoms with van der Waals surface area (Å²) in [6.45, 7) is 7.39. The summed E-state index contributed by atoms with van der Waals surface area (Å²) in [6, 6.07) is 5.65. The molecule has 5 rings (SSSR count). The lowest BCUT2D eigenvalue weighted by atomic mass is 9.98. The highest BCUT2D eigenvalue weighted by Crippen LogP contribution is 2.35. The largest absolute Gasteiger partial charge is 0.444 e. The zero-order valence-corrected chi connectivity index (χ0v) is 20.0. The predicted octanol–water partition coefficient (Wildman–Crippen LogP) is 5.24. The molecule has 1 aliphatic carbocycles. The van der Waals surface area contributed by atoms with Crippen LogP contribution in [0.4, 0.5) is 16.3 Å². The van der Waals surface area contributed by atoms with Crippen LogP contribution in [-0.4, -0.2) is 37.5 Å². The lowest BCUT2D eigenvalue weighted by Gasteiger charge is -2.20. The molecule has 35 heavy (non-hydrogen) atoms. The van der Waals surface area contributed by atoms with Crippen LogP contribution in [0.1, 0.15) is 39.2 Å². The highest BCUT2D eigenvalue weighted by Gasteiger charge is 2.30. The minimum Gasteiger partial charge on any atom is -0.444 e. The molecule has 0 atom stereocenters. The van der Waals surface area contributed by atoms with Gasteiger partial charge in [0, 0.05) is 41.7 Å². The van der Waals surface area contributed by atoms with Gasteiger partial charge in [0.25, 0.3) is 0 Å². The summed E-state index contributed by atoms with van der Waals surface area (Å²) >= 11 is 0. The highest BCUT2D eigenvalue weighted by molar-refractivity contribution is 6.04. The van der Waals surface area contributed by atoms with E-state index in [-0.39, 0.29) is 11.8 Å². The van der Waals surface area contributed by atoms with Gasteiger partial charge in [-0.15, -0.1) is 0 Å². The van der Waals surface area contributed by atoms with Crippen LogP contribution in [-0.2, 0) is 9.53 Å². The number of amides is 2. The summed E-state index contributed by atoms with van der Waals surface area (Å²) in [6.07, 6.45) is 7.89. The van der Waals surface area contributed by atoms with Crippen LogP contribution in [0.2, 0.25) is 0 Å². The minimum absolute atomic E-state index is 0.0201. The summed E-state index contributed by atoms with van der Waals surface area (Å²) < 4.78 is 5.47. The lowest BCUT2D eigenvalue weighted by molar-refractivity contribution is -0.117. The van der Waals surface area contributed by atoms with E-state index >= 15 is 0 Å². The average molecular weight is 471 g/mol. The number of benzene rings is 1. The van der Waals surface area contributed by atoms with Gasteiger partial charge in [0.1, 0.15) is 16.9 Å². The maximum atomic E-state index is 12.6. The van der Waals surface area contributed by atoms with Crippen molar-refractivity contribution in [2.24, 2.45) is 5.92 Å². The van der Waals surface area contributed by atoms with E-state index in [4.69, 9.17) is 4.74 Å². The molecule has 1 aromatic carbocycles. The molecule has 3 heterocycles. The van der Waals surface area contributed by atoms with Crippen LogP contribution < -0.4 is 10.6 Å². The Kier molecular flexibility index (Phi) is 5.55. The van der Waals surface area contributed by atoms with E-state index < -0.39 is 11.7 Å². The third-order valence-corrected chi connectivity index (χ3v) is 5.74. The van der Waals surface area contributed by atoms with Crippen molar-refractivity contribution in [1.82, 2.24) is 19.9 Å². The standard InChI is InChI=1S/C26H26N6O3/c1-14-18(12-30-23-22(14)27-7-8-28-23)16-9-17-11-21(32-24(33)15-5-6-15)29-13-19(17)20(10-16)31-25(34)35-26(2,3)4/h7-13,15H,5-6H2,1-4H3,(H,31,34)(H,29,32,33). The molecule has 1 fully saturated rings. The number of nitrogens with zero attached hydrogens (tertiary/aromatic N) is 4. The predicted molar refractivity (Wildman–Crippen MR) is 134 cm³/mol. The molecule has 4 aromatic rings. The normalized spacial score (nSPS) is 13.6. The topological polar surface area (TPSA) is 119 Å². The Morgan fingerprint density at radius 2 is 1.74 bits per heavy atom. The van der Waals surface area contributed by atoms with Crippen molar-refractivity contribution in [3.05, 3.63) is 48.5 Å². The number of nitrogens with one attached hydrogen (secondary N) is 2. The van der Waals surface area contributed by atoms with Gasteiger partial charge in [-0.05, 0) is 75.2 Å². The van der Waals surface area contributed by atoms with Gasteiger partial charge >= 0.3 is 6.09 Å². The number of carbonyl (C=O) groups is 2. The molecule has 0 aliphatic heterocycles. The number of carbonyl (C=O) groups excluding carboxylic acids is 2. The van der Waals surface area contributed by atoms with Crippen molar-refractivity contribution >= 4 is 45.4 Å². The molecule has 178 valence electrons. The van der Waals surface area contributed by atoms with Gasteiger partial charge in [-0.25, -0.2) is 19.7 Å². The SMILES string of the molecule is Cc1c(-c2cc(NC(=O)OC(C)(C)C)c3cnc(NC(=O)C4CC4)cc3c2)cnc2nccnc12. The van der Waals surface area contributed by atoms with Crippen molar-refractivity contribution in [2.45, 2.75) is 46.1 Å². The molecule has 1 saturated carbocycles. The fourth-order valence-electron chi connectivity index (χ4n) is 3.90. The molecule has 0 saturated heterocycles. The molecule has 2 amide bonds. The van der Waals surface area contributed by atoms with Gasteiger partial charge in [0.2, 0.25) is 5.91 Å². The van der Waals surface area contributed by atoms with E-state index in [0.717, 1.165) is 40.3 Å². The van der Waals surface area contributed by atoms with Crippen molar-refractivity contribution in [1.29, 1.82) is 0 Å². The number of hydrogen-bond acceptors (Lipinski definition) is 7. The first kappa shape index (κ1) is 22.6. The molecule has 0 unspecified atom stereocenters. The molecule has 0 spiro atoms. The number of rotatable bonds is 4. The highest BCUT2D eigenvalue weighted by atomic mass is 16.6. The Labute approximate surface area is 202 Å². The van der Waals surface area contributed by atoms with Crippen LogP contribution in [0.15, 0.2) is 43.0 Å². The smallest absolute Gasteiger partial charge is 0.412 e. The first-order valence-corrected chi connectivity index (χ1v) is 11.5. The van der Waals surface area contributed by atoms with E-state index in [1.54, 1.807) is 24.8 Å². The molecule has 3 aromatic heterocycles. The number of anilines is 2. The van der Waals surface area contributed by atoms with Gasteiger partial charge in [-0.2, -0.15) is 0 Å². The van der Waals surface area contributed by atoms with Crippen LogP contribution in [0.25, 0.3) is 33.1 Å². The maximum Gasteiger partial charge on any atom is 0.412 e. The van der Waals surface area contributed by atoms with Crippen LogP contribution in [0.3, 0.4) is 0 Å². The Morgan fingerprint density at radius 3 is 2.49 bits per heavy atom. The van der Waals surface area contributed by atoms with E-state index in [1.165, 1.54) is 0 Å². The van der Waals surface area contributed by atoms with Crippen LogP contribution >= 0.6 is 0 Å². The third-order valence-electron chi connectivity index (χ3n) is 5.74. The zero-order valence-electron chi connectivity index (χ0n) is 20.0. The second-order valence-corrected chi connectivity index (χ2v) is 9.73. The van der Waals surface area contributed by atoms with E-state index in [0.29, 0.717) is 22.7 Å².